The number of ether oxygens (including phenoxy) is 3. The summed E-state index contributed by atoms with van der Waals surface area (Å²) in [6.45, 7) is 0.481. The van der Waals surface area contributed by atoms with Crippen molar-refractivity contribution < 1.29 is 19.0 Å². The lowest BCUT2D eigenvalue weighted by atomic mass is 10.1. The van der Waals surface area contributed by atoms with Crippen LogP contribution in [0.5, 0.6) is 17.2 Å². The molecule has 1 aliphatic rings. The van der Waals surface area contributed by atoms with E-state index in [4.69, 9.17) is 25.8 Å². The molecule has 8 nitrogen and oxygen atoms in total. The first kappa shape index (κ1) is 19.8. The van der Waals surface area contributed by atoms with E-state index in [1.165, 1.54) is 10.7 Å². The molecule has 0 saturated heterocycles. The van der Waals surface area contributed by atoms with Gasteiger partial charge in [0, 0.05) is 29.3 Å². The van der Waals surface area contributed by atoms with E-state index in [0.717, 1.165) is 5.56 Å². The minimum Gasteiger partial charge on any atom is -0.484 e. The molecule has 0 unspecified atom stereocenters. The topological polar surface area (TPSA) is 91.7 Å². The summed E-state index contributed by atoms with van der Waals surface area (Å²) in [5.74, 6) is 1.42. The Labute approximate surface area is 176 Å². The van der Waals surface area contributed by atoms with Crippen molar-refractivity contribution in [1.29, 1.82) is 0 Å². The summed E-state index contributed by atoms with van der Waals surface area (Å²) in [7, 11) is 0. The fraction of sp³-hybridized carbons (Fsp3) is 0.190. The lowest BCUT2D eigenvalue weighted by Gasteiger charge is -2.10. The number of rotatable bonds is 7. The van der Waals surface area contributed by atoms with E-state index < -0.39 is 0 Å². The number of amides is 1. The van der Waals surface area contributed by atoms with Crippen LogP contribution in [0.15, 0.2) is 59.4 Å². The van der Waals surface area contributed by atoms with E-state index in [9.17, 15) is 9.59 Å². The van der Waals surface area contributed by atoms with E-state index in [0.29, 0.717) is 28.0 Å². The van der Waals surface area contributed by atoms with Crippen LogP contribution < -0.4 is 25.1 Å². The van der Waals surface area contributed by atoms with Gasteiger partial charge in [-0.1, -0.05) is 23.7 Å². The SMILES string of the molecule is O=C(COc1ccc2c(c1)OCO2)NCCn1nc(-c2ccc(Cl)cc2)ccc1=O. The lowest BCUT2D eigenvalue weighted by Crippen LogP contribution is -2.34. The number of aromatic nitrogens is 2. The Balaban J connectivity index is 1.29. The maximum atomic E-state index is 12.1. The second-order valence-electron chi connectivity index (χ2n) is 6.44. The van der Waals surface area contributed by atoms with Crippen LogP contribution in [0.25, 0.3) is 11.3 Å². The van der Waals surface area contributed by atoms with Crippen LogP contribution in [0.4, 0.5) is 0 Å². The van der Waals surface area contributed by atoms with E-state index >= 15 is 0 Å². The van der Waals surface area contributed by atoms with E-state index in [-0.39, 0.29) is 38.0 Å². The van der Waals surface area contributed by atoms with E-state index in [1.54, 1.807) is 36.4 Å². The molecule has 1 aliphatic heterocycles. The fourth-order valence-electron chi connectivity index (χ4n) is 2.85. The predicted molar refractivity (Wildman–Crippen MR) is 110 cm³/mol. The highest BCUT2D eigenvalue weighted by Crippen LogP contribution is 2.35. The Morgan fingerprint density at radius 3 is 2.73 bits per heavy atom. The monoisotopic (exact) mass is 427 g/mol. The fourth-order valence-corrected chi connectivity index (χ4v) is 2.98. The second kappa shape index (κ2) is 8.87. The maximum Gasteiger partial charge on any atom is 0.266 e. The van der Waals surface area contributed by atoms with Crippen molar-refractivity contribution >= 4 is 17.5 Å². The zero-order valence-corrected chi connectivity index (χ0v) is 16.6. The number of carbonyl (C=O) groups excluding carboxylic acids is 1. The smallest absolute Gasteiger partial charge is 0.266 e. The molecule has 2 heterocycles. The number of halogens is 1. The molecule has 4 rings (SSSR count). The van der Waals surface area contributed by atoms with Gasteiger partial charge >= 0.3 is 0 Å². The molecular formula is C21H18ClN3O5. The Morgan fingerprint density at radius 2 is 1.90 bits per heavy atom. The quantitative estimate of drug-likeness (QED) is 0.623. The van der Waals surface area contributed by atoms with Crippen molar-refractivity contribution in [3.63, 3.8) is 0 Å². The largest absolute Gasteiger partial charge is 0.484 e. The Morgan fingerprint density at radius 1 is 1.10 bits per heavy atom. The molecule has 1 amide bonds. The predicted octanol–water partition coefficient (Wildman–Crippen LogP) is 2.49. The molecule has 0 spiro atoms. The minimum atomic E-state index is -0.311. The van der Waals surface area contributed by atoms with Crippen LogP contribution in [-0.2, 0) is 11.3 Å². The van der Waals surface area contributed by atoms with Gasteiger partial charge in [0.25, 0.3) is 11.5 Å². The highest BCUT2D eigenvalue weighted by Gasteiger charge is 2.14. The number of hydrogen-bond acceptors (Lipinski definition) is 6. The van der Waals surface area contributed by atoms with E-state index in [2.05, 4.69) is 10.4 Å². The van der Waals surface area contributed by atoms with Crippen LogP contribution in [-0.4, -0.2) is 35.6 Å². The van der Waals surface area contributed by atoms with Crippen molar-refractivity contribution in [2.24, 2.45) is 0 Å². The third kappa shape index (κ3) is 4.72. The van der Waals surface area contributed by atoms with Gasteiger partial charge < -0.3 is 19.5 Å². The third-order valence-corrected chi connectivity index (χ3v) is 4.62. The van der Waals surface area contributed by atoms with Gasteiger partial charge in [-0.05, 0) is 30.3 Å². The summed E-state index contributed by atoms with van der Waals surface area (Å²) in [6.07, 6.45) is 0. The molecule has 3 aromatic rings. The number of carbonyl (C=O) groups is 1. The zero-order valence-electron chi connectivity index (χ0n) is 15.8. The molecule has 30 heavy (non-hydrogen) atoms. The molecule has 2 aromatic carbocycles. The average Bonchev–Trinajstić information content (AvgIpc) is 3.22. The van der Waals surface area contributed by atoms with E-state index in [1.807, 2.05) is 12.1 Å². The standard InChI is InChI=1S/C21H18ClN3O5/c22-15-3-1-14(2-4-15)17-6-8-21(27)25(24-17)10-9-23-20(26)12-28-16-5-7-18-19(11-16)30-13-29-18/h1-8,11H,9-10,12-13H2,(H,23,26). The summed E-state index contributed by atoms with van der Waals surface area (Å²) in [4.78, 5) is 24.1. The van der Waals surface area contributed by atoms with Crippen molar-refractivity contribution in [1.82, 2.24) is 15.1 Å². The number of fused-ring (bicyclic) bond motifs is 1. The van der Waals surface area contributed by atoms with Gasteiger partial charge in [-0.15, -0.1) is 0 Å². The summed E-state index contributed by atoms with van der Waals surface area (Å²) in [5.41, 5.74) is 1.23. The van der Waals surface area contributed by atoms with Crippen LogP contribution >= 0.6 is 11.6 Å². The summed E-state index contributed by atoms with van der Waals surface area (Å²) >= 11 is 5.91. The van der Waals surface area contributed by atoms with Gasteiger partial charge in [-0.3, -0.25) is 9.59 Å². The molecule has 0 bridgehead atoms. The van der Waals surface area contributed by atoms with Crippen molar-refractivity contribution in [3.05, 3.63) is 70.0 Å². The first-order valence-corrected chi connectivity index (χ1v) is 9.59. The maximum absolute atomic E-state index is 12.1. The highest BCUT2D eigenvalue weighted by molar-refractivity contribution is 6.30. The first-order valence-electron chi connectivity index (χ1n) is 9.22. The molecule has 154 valence electrons. The van der Waals surface area contributed by atoms with Gasteiger partial charge in [0.15, 0.2) is 18.1 Å². The van der Waals surface area contributed by atoms with Crippen LogP contribution in [0.3, 0.4) is 0 Å². The Hall–Kier alpha value is -3.52. The molecule has 0 saturated carbocycles. The van der Waals surface area contributed by atoms with Gasteiger partial charge in [0.05, 0.1) is 12.2 Å². The first-order chi connectivity index (χ1) is 14.6. The Kier molecular flexibility index (Phi) is 5.85. The summed E-state index contributed by atoms with van der Waals surface area (Å²) in [5, 5.41) is 7.68. The number of hydrogen-bond donors (Lipinski definition) is 1. The summed E-state index contributed by atoms with van der Waals surface area (Å²) in [6, 6.07) is 15.4. The molecule has 1 N–H and O–H groups in total. The average molecular weight is 428 g/mol. The summed E-state index contributed by atoms with van der Waals surface area (Å²) < 4.78 is 17.3. The molecule has 1 aromatic heterocycles. The lowest BCUT2D eigenvalue weighted by molar-refractivity contribution is -0.123. The van der Waals surface area contributed by atoms with Gasteiger partial charge in [0.2, 0.25) is 6.79 Å². The molecule has 0 atom stereocenters. The zero-order chi connectivity index (χ0) is 20.9. The van der Waals surface area contributed by atoms with Crippen molar-refractivity contribution in [3.8, 4) is 28.5 Å². The number of nitrogens with one attached hydrogen (secondary N) is 1. The van der Waals surface area contributed by atoms with Crippen molar-refractivity contribution in [2.45, 2.75) is 6.54 Å². The molecule has 0 radical (unpaired) electrons. The van der Waals surface area contributed by atoms with Gasteiger partial charge in [0.1, 0.15) is 5.75 Å². The Bertz CT molecular complexity index is 1110. The van der Waals surface area contributed by atoms with Gasteiger partial charge in [-0.2, -0.15) is 5.10 Å². The second-order valence-corrected chi connectivity index (χ2v) is 6.88. The molecule has 9 heteroatoms. The number of nitrogens with zero attached hydrogens (tertiary/aromatic N) is 2. The number of benzene rings is 2. The molecule has 0 aliphatic carbocycles. The van der Waals surface area contributed by atoms with Crippen molar-refractivity contribution in [2.75, 3.05) is 19.9 Å². The van der Waals surface area contributed by atoms with Crippen LogP contribution in [0, 0.1) is 0 Å². The normalized spacial score (nSPS) is 11.9. The van der Waals surface area contributed by atoms with Crippen LogP contribution in [0.2, 0.25) is 5.02 Å². The molecular weight excluding hydrogens is 410 g/mol. The third-order valence-electron chi connectivity index (χ3n) is 4.37. The molecule has 0 fully saturated rings. The van der Waals surface area contributed by atoms with Crippen LogP contribution in [0.1, 0.15) is 0 Å². The van der Waals surface area contributed by atoms with Gasteiger partial charge in [-0.25, -0.2) is 4.68 Å². The highest BCUT2D eigenvalue weighted by atomic mass is 35.5. The minimum absolute atomic E-state index is 0.160.